The highest BCUT2D eigenvalue weighted by Gasteiger charge is 2.35. The Morgan fingerprint density at radius 3 is 2.29 bits per heavy atom. The quantitative estimate of drug-likeness (QED) is 0.497. The second kappa shape index (κ2) is 9.43. The lowest BCUT2D eigenvalue weighted by Crippen LogP contribution is -2.43. The number of hydrogen-bond acceptors (Lipinski definition) is 3. The van der Waals surface area contributed by atoms with E-state index >= 15 is 0 Å². The summed E-state index contributed by atoms with van der Waals surface area (Å²) in [6, 6.07) is 19.6. The van der Waals surface area contributed by atoms with E-state index < -0.39 is 0 Å². The molecule has 4 rings (SSSR count). The van der Waals surface area contributed by atoms with Crippen LogP contribution in [0.3, 0.4) is 0 Å². The monoisotopic (exact) mass is 436 g/mol. The first-order valence-corrected chi connectivity index (χ1v) is 11.2. The zero-order chi connectivity index (χ0) is 21.8. The van der Waals surface area contributed by atoms with Crippen molar-refractivity contribution in [2.24, 2.45) is 0 Å². The average Bonchev–Trinajstić information content (AvgIpc) is 3.53. The van der Waals surface area contributed by atoms with Crippen LogP contribution < -0.4 is 0 Å². The van der Waals surface area contributed by atoms with Crippen molar-refractivity contribution in [3.63, 3.8) is 0 Å². The Labute approximate surface area is 185 Å². The van der Waals surface area contributed by atoms with Crippen molar-refractivity contribution in [1.29, 1.82) is 0 Å². The molecule has 1 aliphatic carbocycles. The number of nitrogens with zero attached hydrogens (tertiary/aromatic N) is 2. The van der Waals surface area contributed by atoms with Crippen LogP contribution in [0, 0.1) is 12.7 Å². The molecule has 2 aromatic carbocycles. The Hall–Kier alpha value is -2.99. The summed E-state index contributed by atoms with van der Waals surface area (Å²) in [7, 11) is 0. The van der Waals surface area contributed by atoms with Gasteiger partial charge < -0.3 is 9.80 Å². The van der Waals surface area contributed by atoms with E-state index in [1.165, 1.54) is 29.1 Å². The molecular weight excluding hydrogens is 411 g/mol. The minimum absolute atomic E-state index is 0.0259. The predicted octanol–water partition coefficient (Wildman–Crippen LogP) is 5.03. The molecule has 160 valence electrons. The van der Waals surface area contributed by atoms with Gasteiger partial charge in [-0.15, -0.1) is 11.3 Å². The molecule has 0 N–H and O–H groups in total. The van der Waals surface area contributed by atoms with Crippen molar-refractivity contribution in [2.45, 2.75) is 38.9 Å². The van der Waals surface area contributed by atoms with Crippen LogP contribution in [0.25, 0.3) is 0 Å². The van der Waals surface area contributed by atoms with Gasteiger partial charge in [0.2, 0.25) is 5.91 Å². The van der Waals surface area contributed by atoms with Gasteiger partial charge in [0.25, 0.3) is 5.91 Å². The van der Waals surface area contributed by atoms with Crippen molar-refractivity contribution in [2.75, 3.05) is 6.54 Å². The second-order valence-corrected chi connectivity index (χ2v) is 9.29. The SMILES string of the molecule is Cc1ccc(CN(Cc2ccccc2)C(=O)CN(C(=O)c2ccc(F)cc2)C2CC2)s1. The third kappa shape index (κ3) is 5.58. The largest absolute Gasteiger partial charge is 0.332 e. The first kappa shape index (κ1) is 21.2. The van der Waals surface area contributed by atoms with Crippen LogP contribution in [0.4, 0.5) is 4.39 Å². The molecule has 0 spiro atoms. The molecule has 2 amide bonds. The second-order valence-electron chi connectivity index (χ2n) is 7.92. The van der Waals surface area contributed by atoms with Crippen molar-refractivity contribution >= 4 is 23.2 Å². The van der Waals surface area contributed by atoms with Crippen LogP contribution in [0.5, 0.6) is 0 Å². The minimum Gasteiger partial charge on any atom is -0.332 e. The van der Waals surface area contributed by atoms with E-state index in [4.69, 9.17) is 0 Å². The number of benzene rings is 2. The molecule has 0 saturated heterocycles. The molecule has 0 atom stereocenters. The summed E-state index contributed by atoms with van der Waals surface area (Å²) in [4.78, 5) is 32.2. The number of hydrogen-bond donors (Lipinski definition) is 0. The van der Waals surface area contributed by atoms with Gasteiger partial charge in [0.05, 0.1) is 6.54 Å². The summed E-state index contributed by atoms with van der Waals surface area (Å²) < 4.78 is 13.3. The van der Waals surface area contributed by atoms with Crippen LogP contribution in [0.1, 0.15) is 38.5 Å². The smallest absolute Gasteiger partial charge is 0.254 e. The number of amides is 2. The van der Waals surface area contributed by atoms with Crippen molar-refractivity contribution < 1.29 is 14.0 Å². The number of aryl methyl sites for hydroxylation is 1. The molecule has 1 fully saturated rings. The van der Waals surface area contributed by atoms with Crippen LogP contribution >= 0.6 is 11.3 Å². The van der Waals surface area contributed by atoms with Crippen LogP contribution in [0.15, 0.2) is 66.7 Å². The Balaban J connectivity index is 1.52. The zero-order valence-corrected chi connectivity index (χ0v) is 18.3. The number of thiophene rings is 1. The Bertz CT molecular complexity index is 1040. The van der Waals surface area contributed by atoms with Crippen LogP contribution in [-0.4, -0.2) is 34.2 Å². The third-order valence-corrected chi connectivity index (χ3v) is 6.34. The number of carbonyl (C=O) groups is 2. The molecule has 0 unspecified atom stereocenters. The van der Waals surface area contributed by atoms with Gasteiger partial charge in [-0.05, 0) is 61.7 Å². The molecule has 6 heteroatoms. The molecule has 3 aromatic rings. The normalized spacial score (nSPS) is 13.1. The minimum atomic E-state index is -0.383. The number of carbonyl (C=O) groups excluding carboxylic acids is 2. The summed E-state index contributed by atoms with van der Waals surface area (Å²) in [5, 5.41) is 0. The van der Waals surface area contributed by atoms with E-state index in [-0.39, 0.29) is 30.2 Å². The maximum Gasteiger partial charge on any atom is 0.254 e. The molecule has 4 nitrogen and oxygen atoms in total. The summed E-state index contributed by atoms with van der Waals surface area (Å²) in [5.74, 6) is -0.689. The fraction of sp³-hybridized carbons (Fsp3) is 0.280. The number of halogens is 1. The molecule has 1 aromatic heterocycles. The maximum atomic E-state index is 13.4. The fourth-order valence-electron chi connectivity index (χ4n) is 3.55. The Morgan fingerprint density at radius 2 is 1.68 bits per heavy atom. The molecule has 1 saturated carbocycles. The van der Waals surface area contributed by atoms with Gasteiger partial charge in [-0.1, -0.05) is 30.3 Å². The van der Waals surface area contributed by atoms with Crippen LogP contribution in [0.2, 0.25) is 0 Å². The third-order valence-electron chi connectivity index (χ3n) is 5.36. The maximum absolute atomic E-state index is 13.4. The van der Waals surface area contributed by atoms with Gasteiger partial charge >= 0.3 is 0 Å². The molecule has 31 heavy (non-hydrogen) atoms. The molecule has 0 bridgehead atoms. The highest BCUT2D eigenvalue weighted by molar-refractivity contribution is 7.11. The molecule has 0 aliphatic heterocycles. The van der Waals surface area contributed by atoms with Crippen molar-refractivity contribution in [1.82, 2.24) is 9.80 Å². The highest BCUT2D eigenvalue weighted by Crippen LogP contribution is 2.29. The lowest BCUT2D eigenvalue weighted by molar-refractivity contribution is -0.133. The van der Waals surface area contributed by atoms with E-state index in [9.17, 15) is 14.0 Å². The molecule has 0 radical (unpaired) electrons. The molecule has 1 heterocycles. The lowest BCUT2D eigenvalue weighted by Gasteiger charge is -2.28. The van der Waals surface area contributed by atoms with Gasteiger partial charge in [-0.2, -0.15) is 0 Å². The van der Waals surface area contributed by atoms with Gasteiger partial charge in [0.15, 0.2) is 0 Å². The zero-order valence-electron chi connectivity index (χ0n) is 17.5. The van der Waals surface area contributed by atoms with E-state index in [0.717, 1.165) is 23.3 Å². The van der Waals surface area contributed by atoms with E-state index in [0.29, 0.717) is 18.7 Å². The summed E-state index contributed by atoms with van der Waals surface area (Å²) in [5.41, 5.74) is 1.46. The Morgan fingerprint density at radius 1 is 0.968 bits per heavy atom. The average molecular weight is 437 g/mol. The fourth-order valence-corrected chi connectivity index (χ4v) is 4.46. The molecule has 1 aliphatic rings. The summed E-state index contributed by atoms with van der Waals surface area (Å²) in [6.45, 7) is 3.07. The van der Waals surface area contributed by atoms with E-state index in [1.807, 2.05) is 48.2 Å². The van der Waals surface area contributed by atoms with Gasteiger partial charge in [0.1, 0.15) is 12.4 Å². The first-order valence-electron chi connectivity index (χ1n) is 10.4. The molecular formula is C25H25FN2O2S. The van der Waals surface area contributed by atoms with Crippen molar-refractivity contribution in [3.8, 4) is 0 Å². The van der Waals surface area contributed by atoms with E-state index in [2.05, 4.69) is 6.07 Å². The number of rotatable bonds is 8. The first-order chi connectivity index (χ1) is 15.0. The van der Waals surface area contributed by atoms with Crippen LogP contribution in [-0.2, 0) is 17.9 Å². The van der Waals surface area contributed by atoms with Gasteiger partial charge in [0, 0.05) is 27.9 Å². The highest BCUT2D eigenvalue weighted by atomic mass is 32.1. The van der Waals surface area contributed by atoms with Crippen molar-refractivity contribution in [3.05, 3.63) is 93.4 Å². The lowest BCUT2D eigenvalue weighted by atomic mass is 10.2. The predicted molar refractivity (Wildman–Crippen MR) is 120 cm³/mol. The van der Waals surface area contributed by atoms with Gasteiger partial charge in [-0.3, -0.25) is 9.59 Å². The Kier molecular flexibility index (Phi) is 6.47. The standard InChI is InChI=1S/C25H25FN2O2S/c1-18-7-14-23(31-18)16-27(15-19-5-3-2-4-6-19)24(29)17-28(22-12-13-22)25(30)20-8-10-21(26)11-9-20/h2-11,14,22H,12-13,15-17H2,1H3. The summed E-state index contributed by atoms with van der Waals surface area (Å²) in [6.07, 6.45) is 1.78. The van der Waals surface area contributed by atoms with E-state index in [1.54, 1.807) is 16.2 Å². The topological polar surface area (TPSA) is 40.6 Å². The van der Waals surface area contributed by atoms with Gasteiger partial charge in [-0.25, -0.2) is 4.39 Å². The summed E-state index contributed by atoms with van der Waals surface area (Å²) >= 11 is 1.68.